The second-order valence-corrected chi connectivity index (χ2v) is 3.82. The quantitative estimate of drug-likeness (QED) is 0.731. The zero-order valence-electron chi connectivity index (χ0n) is 10.4. The Labute approximate surface area is 105 Å². The summed E-state index contributed by atoms with van der Waals surface area (Å²) >= 11 is 0. The summed E-state index contributed by atoms with van der Waals surface area (Å²) in [6.07, 6.45) is 0.856. The van der Waals surface area contributed by atoms with Crippen molar-refractivity contribution in [1.82, 2.24) is 20.3 Å². The van der Waals surface area contributed by atoms with Crippen LogP contribution < -0.4 is 20.3 Å². The molecule has 2 heterocycles. The monoisotopic (exact) mass is 252 g/mol. The Balaban J connectivity index is 2.27. The van der Waals surface area contributed by atoms with Crippen LogP contribution in [0.2, 0.25) is 0 Å². The number of rotatable bonds is 3. The number of aromatic nitrogens is 3. The van der Waals surface area contributed by atoms with E-state index >= 15 is 0 Å². The summed E-state index contributed by atoms with van der Waals surface area (Å²) in [5.74, 6) is 0.836. The van der Waals surface area contributed by atoms with Crippen molar-refractivity contribution in [3.8, 4) is 6.01 Å². The fourth-order valence-corrected chi connectivity index (χ4v) is 1.67. The summed E-state index contributed by atoms with van der Waals surface area (Å²) in [5, 5.41) is 5.64. The number of carbonyl (C=O) groups excluding carboxylic acids is 1. The molecule has 0 atom stereocenters. The first-order valence-electron chi connectivity index (χ1n) is 5.72. The first-order valence-corrected chi connectivity index (χ1v) is 5.72. The lowest BCUT2D eigenvalue weighted by atomic mass is 10.4. The molecule has 1 aliphatic rings. The summed E-state index contributed by atoms with van der Waals surface area (Å²) < 4.78 is 5.02. The van der Waals surface area contributed by atoms with E-state index in [9.17, 15) is 4.79 Å². The van der Waals surface area contributed by atoms with Crippen molar-refractivity contribution in [2.45, 2.75) is 6.42 Å². The molecule has 2 N–H and O–H groups in total. The lowest BCUT2D eigenvalue weighted by Crippen LogP contribution is -2.34. The van der Waals surface area contributed by atoms with Crippen LogP contribution >= 0.6 is 0 Å². The SMILES string of the molecule is CNc1nc(OC)nc(N2CCCNC(=O)C2)n1. The van der Waals surface area contributed by atoms with Gasteiger partial charge in [0.05, 0.1) is 13.7 Å². The number of ether oxygens (including phenoxy) is 1. The molecular weight excluding hydrogens is 236 g/mol. The van der Waals surface area contributed by atoms with Gasteiger partial charge in [0.25, 0.3) is 0 Å². The lowest BCUT2D eigenvalue weighted by Gasteiger charge is -2.19. The minimum absolute atomic E-state index is 0.0297. The van der Waals surface area contributed by atoms with Gasteiger partial charge < -0.3 is 20.3 Å². The number of hydrogen-bond acceptors (Lipinski definition) is 7. The molecule has 0 spiro atoms. The van der Waals surface area contributed by atoms with Gasteiger partial charge in [-0.2, -0.15) is 15.0 Å². The summed E-state index contributed by atoms with van der Waals surface area (Å²) in [6.45, 7) is 1.64. The Morgan fingerprint density at radius 3 is 2.94 bits per heavy atom. The molecule has 8 nitrogen and oxygen atoms in total. The zero-order valence-corrected chi connectivity index (χ0v) is 10.4. The minimum atomic E-state index is -0.0297. The molecule has 0 aromatic carbocycles. The fourth-order valence-electron chi connectivity index (χ4n) is 1.67. The predicted octanol–water partition coefficient (Wildman–Crippen LogP) is -0.752. The van der Waals surface area contributed by atoms with Crippen molar-refractivity contribution in [1.29, 1.82) is 0 Å². The lowest BCUT2D eigenvalue weighted by molar-refractivity contribution is -0.119. The summed E-state index contributed by atoms with van der Waals surface area (Å²) in [7, 11) is 3.21. The van der Waals surface area contributed by atoms with Gasteiger partial charge in [0.2, 0.25) is 17.8 Å². The molecule has 0 saturated carbocycles. The number of hydrogen-bond donors (Lipinski definition) is 2. The summed E-state index contributed by atoms with van der Waals surface area (Å²) in [5.41, 5.74) is 0. The standard InChI is InChI=1S/C10H16N6O2/c1-11-8-13-9(15-10(14-8)18-2)16-5-3-4-12-7(17)6-16/h3-6H2,1-2H3,(H,12,17)(H,11,13,14,15). The molecule has 18 heavy (non-hydrogen) atoms. The molecule has 1 aliphatic heterocycles. The number of nitrogens with one attached hydrogen (secondary N) is 2. The molecule has 8 heteroatoms. The highest BCUT2D eigenvalue weighted by atomic mass is 16.5. The van der Waals surface area contributed by atoms with Crippen LogP contribution in [0.5, 0.6) is 6.01 Å². The van der Waals surface area contributed by atoms with E-state index in [4.69, 9.17) is 4.74 Å². The van der Waals surface area contributed by atoms with Crippen molar-refractivity contribution >= 4 is 17.8 Å². The van der Waals surface area contributed by atoms with Crippen LogP contribution in [-0.2, 0) is 4.79 Å². The van der Waals surface area contributed by atoms with Crippen LogP contribution in [0.15, 0.2) is 0 Å². The van der Waals surface area contributed by atoms with Gasteiger partial charge in [-0.15, -0.1) is 0 Å². The van der Waals surface area contributed by atoms with E-state index in [1.54, 1.807) is 7.05 Å². The van der Waals surface area contributed by atoms with Crippen molar-refractivity contribution in [2.24, 2.45) is 0 Å². The van der Waals surface area contributed by atoms with Crippen LogP contribution in [0.1, 0.15) is 6.42 Å². The van der Waals surface area contributed by atoms with E-state index in [1.807, 2.05) is 4.90 Å². The molecule has 98 valence electrons. The second kappa shape index (κ2) is 5.48. The third kappa shape index (κ3) is 2.76. The molecule has 0 radical (unpaired) electrons. The van der Waals surface area contributed by atoms with Crippen molar-refractivity contribution in [3.05, 3.63) is 0 Å². The van der Waals surface area contributed by atoms with Gasteiger partial charge in [0.15, 0.2) is 0 Å². The van der Waals surface area contributed by atoms with Gasteiger partial charge in [-0.25, -0.2) is 0 Å². The minimum Gasteiger partial charge on any atom is -0.467 e. The second-order valence-electron chi connectivity index (χ2n) is 3.82. The Morgan fingerprint density at radius 2 is 2.22 bits per heavy atom. The van der Waals surface area contributed by atoms with E-state index in [0.717, 1.165) is 13.0 Å². The number of carbonyl (C=O) groups is 1. The van der Waals surface area contributed by atoms with Gasteiger partial charge in [0.1, 0.15) is 0 Å². The molecule has 0 unspecified atom stereocenters. The van der Waals surface area contributed by atoms with Gasteiger partial charge in [-0.05, 0) is 6.42 Å². The largest absolute Gasteiger partial charge is 0.467 e. The number of anilines is 2. The van der Waals surface area contributed by atoms with E-state index < -0.39 is 0 Å². The maximum absolute atomic E-state index is 11.5. The summed E-state index contributed by atoms with van der Waals surface area (Å²) in [6, 6.07) is 0.231. The Kier molecular flexibility index (Phi) is 3.75. The first-order chi connectivity index (χ1) is 8.72. The fraction of sp³-hybridized carbons (Fsp3) is 0.600. The van der Waals surface area contributed by atoms with E-state index in [-0.39, 0.29) is 18.5 Å². The maximum atomic E-state index is 11.5. The van der Waals surface area contributed by atoms with Crippen LogP contribution in [0.25, 0.3) is 0 Å². The molecule has 0 bridgehead atoms. The van der Waals surface area contributed by atoms with Crippen LogP contribution in [0.4, 0.5) is 11.9 Å². The van der Waals surface area contributed by atoms with Crippen molar-refractivity contribution in [2.75, 3.05) is 44.0 Å². The highest BCUT2D eigenvalue weighted by Gasteiger charge is 2.19. The van der Waals surface area contributed by atoms with Gasteiger partial charge in [-0.1, -0.05) is 0 Å². The van der Waals surface area contributed by atoms with E-state index in [2.05, 4.69) is 25.6 Å². The molecule has 1 saturated heterocycles. The zero-order chi connectivity index (χ0) is 13.0. The number of nitrogens with zero attached hydrogens (tertiary/aromatic N) is 4. The molecule has 0 aliphatic carbocycles. The molecule has 1 fully saturated rings. The van der Waals surface area contributed by atoms with Gasteiger partial charge in [-0.3, -0.25) is 4.79 Å². The number of amides is 1. The first kappa shape index (κ1) is 12.3. The molecule has 2 rings (SSSR count). The van der Waals surface area contributed by atoms with Crippen LogP contribution in [-0.4, -0.2) is 54.7 Å². The van der Waals surface area contributed by atoms with E-state index in [0.29, 0.717) is 18.4 Å². The maximum Gasteiger partial charge on any atom is 0.322 e. The predicted molar refractivity (Wildman–Crippen MR) is 65.8 cm³/mol. The molecule has 1 aromatic rings. The van der Waals surface area contributed by atoms with E-state index in [1.165, 1.54) is 7.11 Å². The Morgan fingerprint density at radius 1 is 1.39 bits per heavy atom. The topological polar surface area (TPSA) is 92.3 Å². The smallest absolute Gasteiger partial charge is 0.322 e. The Bertz CT molecular complexity index is 416. The van der Waals surface area contributed by atoms with Gasteiger partial charge >= 0.3 is 6.01 Å². The third-order valence-corrected chi connectivity index (χ3v) is 2.55. The molecular formula is C10H16N6O2. The van der Waals surface area contributed by atoms with Crippen LogP contribution in [0.3, 0.4) is 0 Å². The highest BCUT2D eigenvalue weighted by Crippen LogP contribution is 2.15. The highest BCUT2D eigenvalue weighted by molar-refractivity contribution is 5.81. The van der Waals surface area contributed by atoms with Crippen molar-refractivity contribution < 1.29 is 9.53 Å². The third-order valence-electron chi connectivity index (χ3n) is 2.55. The van der Waals surface area contributed by atoms with Crippen LogP contribution in [0, 0.1) is 0 Å². The van der Waals surface area contributed by atoms with Gasteiger partial charge in [0, 0.05) is 20.1 Å². The van der Waals surface area contributed by atoms with Crippen molar-refractivity contribution in [3.63, 3.8) is 0 Å². The normalized spacial score (nSPS) is 15.9. The molecule has 1 amide bonds. The Hall–Kier alpha value is -2.12. The average Bonchev–Trinajstić information content (AvgIpc) is 2.62. The number of methoxy groups -OCH3 is 1. The average molecular weight is 252 g/mol. The summed E-state index contributed by atoms with van der Waals surface area (Å²) in [4.78, 5) is 25.7. The molecule has 1 aromatic heterocycles.